The van der Waals surface area contributed by atoms with E-state index < -0.39 is 0 Å². The van der Waals surface area contributed by atoms with Gasteiger partial charge in [-0.2, -0.15) is 5.26 Å². The molecule has 21 heavy (non-hydrogen) atoms. The molecule has 0 radical (unpaired) electrons. The van der Waals surface area contributed by atoms with Crippen molar-refractivity contribution in [3.05, 3.63) is 0 Å². The van der Waals surface area contributed by atoms with Crippen LogP contribution in [0.15, 0.2) is 0 Å². The third-order valence-electron chi connectivity index (χ3n) is 5.23. The third-order valence-corrected chi connectivity index (χ3v) is 5.23. The molecule has 120 valence electrons. The molecule has 4 heteroatoms. The van der Waals surface area contributed by atoms with Gasteiger partial charge in [0.2, 0.25) is 0 Å². The van der Waals surface area contributed by atoms with Crippen LogP contribution in [-0.2, 0) is 4.74 Å². The second-order valence-corrected chi connectivity index (χ2v) is 6.91. The monoisotopic (exact) mass is 293 g/mol. The van der Waals surface area contributed by atoms with E-state index in [1.165, 1.54) is 25.8 Å². The maximum absolute atomic E-state index is 9.56. The lowest BCUT2D eigenvalue weighted by molar-refractivity contribution is -0.00559. The van der Waals surface area contributed by atoms with Crippen molar-refractivity contribution in [1.82, 2.24) is 10.2 Å². The number of nitriles is 1. The first-order chi connectivity index (χ1) is 10.1. The van der Waals surface area contributed by atoms with Crippen LogP contribution < -0.4 is 5.32 Å². The average Bonchev–Trinajstić information content (AvgIpc) is 3.31. The highest BCUT2D eigenvalue weighted by Gasteiger charge is 2.35. The van der Waals surface area contributed by atoms with E-state index in [9.17, 15) is 5.26 Å². The molecule has 1 N–H and O–H groups in total. The molecule has 2 fully saturated rings. The van der Waals surface area contributed by atoms with Crippen LogP contribution in [0.1, 0.15) is 52.4 Å². The van der Waals surface area contributed by atoms with Crippen molar-refractivity contribution in [2.75, 3.05) is 26.7 Å². The molecule has 4 nitrogen and oxygen atoms in total. The molecule has 1 saturated carbocycles. The maximum atomic E-state index is 9.56. The lowest BCUT2D eigenvalue weighted by atomic mass is 9.91. The Labute approximate surface area is 129 Å². The number of ether oxygens (including phenoxy) is 1. The molecule has 2 aliphatic rings. The summed E-state index contributed by atoms with van der Waals surface area (Å²) in [6.45, 7) is 7.70. The Morgan fingerprint density at radius 1 is 1.38 bits per heavy atom. The van der Waals surface area contributed by atoms with Crippen molar-refractivity contribution in [3.63, 3.8) is 0 Å². The summed E-state index contributed by atoms with van der Waals surface area (Å²) in [6.07, 6.45) is 7.02. The van der Waals surface area contributed by atoms with Gasteiger partial charge in [-0.15, -0.1) is 0 Å². The number of piperidine rings is 1. The number of methoxy groups -OCH3 is 1. The molecule has 1 saturated heterocycles. The Bertz CT molecular complexity index is 364. The zero-order valence-electron chi connectivity index (χ0n) is 13.9. The molecule has 3 unspecified atom stereocenters. The SMILES string of the molecule is CCC(C#N)(CCCN1CCC(C)C(OC)C1)NC1CC1. The standard InChI is InChI=1S/C17H31N3O/c1-4-17(13-18,19-15-6-7-15)9-5-10-20-11-8-14(2)16(12-20)21-3/h14-16,19H,4-12H2,1-3H3. The summed E-state index contributed by atoms with van der Waals surface area (Å²) in [5.41, 5.74) is -0.301. The molecule has 0 aromatic heterocycles. The molecule has 0 aromatic carbocycles. The highest BCUT2D eigenvalue weighted by Crippen LogP contribution is 2.27. The molecule has 2 rings (SSSR count). The summed E-state index contributed by atoms with van der Waals surface area (Å²) in [5.74, 6) is 0.664. The van der Waals surface area contributed by atoms with E-state index >= 15 is 0 Å². The van der Waals surface area contributed by atoms with Crippen molar-refractivity contribution in [2.45, 2.75) is 70.1 Å². The molecule has 3 atom stereocenters. The Balaban J connectivity index is 1.75. The average molecular weight is 293 g/mol. The van der Waals surface area contributed by atoms with Crippen LogP contribution in [0.25, 0.3) is 0 Å². The number of nitrogens with one attached hydrogen (secondary N) is 1. The van der Waals surface area contributed by atoms with Crippen LogP contribution in [-0.4, -0.2) is 49.3 Å². The first kappa shape index (κ1) is 16.7. The second kappa shape index (κ2) is 7.58. The number of hydrogen-bond acceptors (Lipinski definition) is 4. The van der Waals surface area contributed by atoms with Crippen molar-refractivity contribution >= 4 is 0 Å². The summed E-state index contributed by atoms with van der Waals surface area (Å²) >= 11 is 0. The van der Waals surface area contributed by atoms with Gasteiger partial charge >= 0.3 is 0 Å². The van der Waals surface area contributed by atoms with Crippen LogP contribution in [0, 0.1) is 17.2 Å². The highest BCUT2D eigenvalue weighted by atomic mass is 16.5. The van der Waals surface area contributed by atoms with Gasteiger partial charge in [0.15, 0.2) is 0 Å². The van der Waals surface area contributed by atoms with Gasteiger partial charge in [-0.1, -0.05) is 13.8 Å². The van der Waals surface area contributed by atoms with E-state index in [2.05, 4.69) is 30.1 Å². The highest BCUT2D eigenvalue weighted by molar-refractivity contribution is 5.09. The Kier molecular flexibility index (Phi) is 6.04. The lowest BCUT2D eigenvalue weighted by Gasteiger charge is -2.36. The van der Waals surface area contributed by atoms with Crippen molar-refractivity contribution < 1.29 is 4.74 Å². The predicted molar refractivity (Wildman–Crippen MR) is 85.0 cm³/mol. The quantitative estimate of drug-likeness (QED) is 0.747. The smallest absolute Gasteiger partial charge is 0.106 e. The van der Waals surface area contributed by atoms with Crippen molar-refractivity contribution in [3.8, 4) is 6.07 Å². The van der Waals surface area contributed by atoms with Gasteiger partial charge in [0, 0.05) is 19.7 Å². The summed E-state index contributed by atoms with van der Waals surface area (Å²) in [6, 6.07) is 3.14. The van der Waals surface area contributed by atoms with Gasteiger partial charge in [-0.3, -0.25) is 5.32 Å². The molecule has 0 spiro atoms. The molecule has 1 aliphatic heterocycles. The van der Waals surface area contributed by atoms with Gasteiger partial charge in [0.1, 0.15) is 5.54 Å². The molecular formula is C17H31N3O. The van der Waals surface area contributed by atoms with E-state index in [-0.39, 0.29) is 5.54 Å². The minimum Gasteiger partial charge on any atom is -0.380 e. The normalized spacial score (nSPS) is 29.8. The minimum atomic E-state index is -0.301. The van der Waals surface area contributed by atoms with Crippen molar-refractivity contribution in [2.24, 2.45) is 5.92 Å². The van der Waals surface area contributed by atoms with Crippen LogP contribution in [0.2, 0.25) is 0 Å². The Morgan fingerprint density at radius 2 is 2.14 bits per heavy atom. The summed E-state index contributed by atoms with van der Waals surface area (Å²) < 4.78 is 5.58. The lowest BCUT2D eigenvalue weighted by Crippen LogP contribution is -2.47. The number of likely N-dealkylation sites (tertiary alicyclic amines) is 1. The number of rotatable bonds is 8. The zero-order valence-corrected chi connectivity index (χ0v) is 13.9. The van der Waals surface area contributed by atoms with Gasteiger partial charge in [0.25, 0.3) is 0 Å². The number of hydrogen-bond donors (Lipinski definition) is 1. The molecule has 1 aliphatic carbocycles. The summed E-state index contributed by atoms with van der Waals surface area (Å²) in [5, 5.41) is 13.1. The van der Waals surface area contributed by atoms with Crippen LogP contribution in [0.3, 0.4) is 0 Å². The van der Waals surface area contributed by atoms with Crippen LogP contribution in [0.5, 0.6) is 0 Å². The third kappa shape index (κ3) is 4.67. The van der Waals surface area contributed by atoms with E-state index in [1.54, 1.807) is 0 Å². The van der Waals surface area contributed by atoms with Crippen molar-refractivity contribution in [1.29, 1.82) is 5.26 Å². The van der Waals surface area contributed by atoms with Gasteiger partial charge in [0.05, 0.1) is 12.2 Å². The molecular weight excluding hydrogens is 262 g/mol. The fourth-order valence-corrected chi connectivity index (χ4v) is 3.35. The second-order valence-electron chi connectivity index (χ2n) is 6.91. The zero-order chi connectivity index (χ0) is 15.3. The first-order valence-corrected chi connectivity index (χ1v) is 8.56. The van der Waals surface area contributed by atoms with Gasteiger partial charge in [-0.25, -0.2) is 0 Å². The molecule has 0 aromatic rings. The maximum Gasteiger partial charge on any atom is 0.106 e. The largest absolute Gasteiger partial charge is 0.380 e. The van der Waals surface area contributed by atoms with Crippen LogP contribution in [0.4, 0.5) is 0 Å². The fraction of sp³-hybridized carbons (Fsp3) is 0.941. The Hall–Kier alpha value is -0.630. The van der Waals surface area contributed by atoms with Gasteiger partial charge < -0.3 is 9.64 Å². The first-order valence-electron chi connectivity index (χ1n) is 8.56. The Morgan fingerprint density at radius 3 is 2.71 bits per heavy atom. The van der Waals surface area contributed by atoms with E-state index in [0.29, 0.717) is 18.1 Å². The molecule has 0 amide bonds. The fourth-order valence-electron chi connectivity index (χ4n) is 3.35. The minimum absolute atomic E-state index is 0.301. The van der Waals surface area contributed by atoms with E-state index in [4.69, 9.17) is 4.74 Å². The number of nitrogens with zero attached hydrogens (tertiary/aromatic N) is 2. The summed E-state index contributed by atoms with van der Waals surface area (Å²) in [4.78, 5) is 2.50. The summed E-state index contributed by atoms with van der Waals surface area (Å²) in [7, 11) is 1.82. The molecule has 1 heterocycles. The van der Waals surface area contributed by atoms with Crippen LogP contribution >= 0.6 is 0 Å². The van der Waals surface area contributed by atoms with E-state index in [1.807, 2.05) is 7.11 Å². The topological polar surface area (TPSA) is 48.3 Å². The van der Waals surface area contributed by atoms with E-state index in [0.717, 1.165) is 32.4 Å². The predicted octanol–water partition coefficient (Wildman–Crippen LogP) is 2.55. The molecule has 0 bridgehead atoms. The van der Waals surface area contributed by atoms with Gasteiger partial charge in [-0.05, 0) is 57.5 Å².